The number of hydrogen-bond acceptors (Lipinski definition) is 3. The van der Waals surface area contributed by atoms with Crippen LogP contribution in [0, 0.1) is 5.92 Å². The molecule has 120 valence electrons. The van der Waals surface area contributed by atoms with Crippen molar-refractivity contribution in [2.45, 2.75) is 81.9 Å². The van der Waals surface area contributed by atoms with Crippen molar-refractivity contribution in [1.29, 1.82) is 0 Å². The molecule has 2 atom stereocenters. The molecule has 1 aliphatic carbocycles. The molecule has 4 rings (SSSR count). The van der Waals surface area contributed by atoms with E-state index in [1.54, 1.807) is 0 Å². The van der Waals surface area contributed by atoms with Crippen LogP contribution in [-0.4, -0.2) is 48.8 Å². The molecule has 1 spiro atoms. The Morgan fingerprint density at radius 2 is 1.76 bits per heavy atom. The maximum atomic E-state index is 6.26. The highest BCUT2D eigenvalue weighted by molar-refractivity contribution is 4.98. The molecule has 2 unspecified atom stereocenters. The van der Waals surface area contributed by atoms with E-state index in [0.717, 1.165) is 24.6 Å². The number of likely N-dealkylation sites (tertiary alicyclic amines) is 1. The Hall–Kier alpha value is -0.120. The van der Waals surface area contributed by atoms with Gasteiger partial charge in [0, 0.05) is 18.7 Å². The fourth-order valence-electron chi connectivity index (χ4n) is 5.66. The van der Waals surface area contributed by atoms with Gasteiger partial charge in [-0.25, -0.2) is 0 Å². The fraction of sp³-hybridized carbons (Fsp3) is 1.00. The maximum Gasteiger partial charge on any atom is 0.0697 e. The van der Waals surface area contributed by atoms with Gasteiger partial charge in [0.1, 0.15) is 0 Å². The van der Waals surface area contributed by atoms with Gasteiger partial charge in [-0.3, -0.25) is 4.90 Å². The Kier molecular flexibility index (Phi) is 4.25. The molecule has 0 aromatic heterocycles. The molecule has 0 amide bonds. The van der Waals surface area contributed by atoms with Gasteiger partial charge in [0.15, 0.2) is 0 Å². The molecule has 3 aliphatic heterocycles. The summed E-state index contributed by atoms with van der Waals surface area (Å²) in [6.45, 7) is 4.86. The lowest BCUT2D eigenvalue weighted by atomic mass is 9.84. The maximum absolute atomic E-state index is 6.26. The summed E-state index contributed by atoms with van der Waals surface area (Å²) >= 11 is 0. The first-order valence-electron chi connectivity index (χ1n) is 9.47. The average molecular weight is 292 g/mol. The Morgan fingerprint density at radius 1 is 0.952 bits per heavy atom. The third-order valence-corrected chi connectivity index (χ3v) is 6.72. The highest BCUT2D eigenvalue weighted by atomic mass is 16.5. The van der Waals surface area contributed by atoms with E-state index in [1.165, 1.54) is 83.8 Å². The number of nitrogens with zero attached hydrogens (tertiary/aromatic N) is 1. The van der Waals surface area contributed by atoms with E-state index in [-0.39, 0.29) is 5.60 Å². The van der Waals surface area contributed by atoms with Crippen LogP contribution < -0.4 is 5.32 Å². The van der Waals surface area contributed by atoms with Crippen LogP contribution in [-0.2, 0) is 4.74 Å². The molecule has 3 heterocycles. The quantitative estimate of drug-likeness (QED) is 0.847. The van der Waals surface area contributed by atoms with Crippen molar-refractivity contribution in [3.8, 4) is 0 Å². The molecule has 4 aliphatic rings. The largest absolute Gasteiger partial charge is 0.375 e. The minimum absolute atomic E-state index is 0.282. The van der Waals surface area contributed by atoms with Gasteiger partial charge in [0.25, 0.3) is 0 Å². The minimum Gasteiger partial charge on any atom is -0.375 e. The zero-order valence-corrected chi connectivity index (χ0v) is 13.5. The number of rotatable bonds is 2. The van der Waals surface area contributed by atoms with Gasteiger partial charge in [-0.15, -0.1) is 0 Å². The van der Waals surface area contributed by atoms with Gasteiger partial charge in [-0.2, -0.15) is 0 Å². The van der Waals surface area contributed by atoms with Crippen LogP contribution in [0.2, 0.25) is 0 Å². The fourth-order valence-corrected chi connectivity index (χ4v) is 5.66. The first kappa shape index (κ1) is 14.5. The number of nitrogens with one attached hydrogen (secondary N) is 1. The monoisotopic (exact) mass is 292 g/mol. The topological polar surface area (TPSA) is 24.5 Å². The van der Waals surface area contributed by atoms with E-state index in [2.05, 4.69) is 10.2 Å². The normalized spacial score (nSPS) is 38.3. The SMILES string of the molecule is C1CC(C2CCNCC2)N(C2CCOC3(CCCC3)C2)C1. The molecular weight excluding hydrogens is 260 g/mol. The summed E-state index contributed by atoms with van der Waals surface area (Å²) in [7, 11) is 0. The minimum atomic E-state index is 0.282. The smallest absolute Gasteiger partial charge is 0.0697 e. The van der Waals surface area contributed by atoms with Gasteiger partial charge < -0.3 is 10.1 Å². The summed E-state index contributed by atoms with van der Waals surface area (Å²) < 4.78 is 6.26. The third kappa shape index (κ3) is 2.89. The van der Waals surface area contributed by atoms with Crippen molar-refractivity contribution in [2.24, 2.45) is 5.92 Å². The Morgan fingerprint density at radius 3 is 2.57 bits per heavy atom. The van der Waals surface area contributed by atoms with Gasteiger partial charge in [0.05, 0.1) is 5.60 Å². The second kappa shape index (κ2) is 6.17. The van der Waals surface area contributed by atoms with Crippen LogP contribution in [0.15, 0.2) is 0 Å². The number of piperidine rings is 1. The van der Waals surface area contributed by atoms with Crippen LogP contribution in [0.4, 0.5) is 0 Å². The van der Waals surface area contributed by atoms with E-state index in [4.69, 9.17) is 4.74 Å². The Balaban J connectivity index is 1.44. The van der Waals surface area contributed by atoms with Gasteiger partial charge in [-0.05, 0) is 76.9 Å². The summed E-state index contributed by atoms with van der Waals surface area (Å²) in [5, 5.41) is 3.53. The first-order chi connectivity index (χ1) is 10.4. The summed E-state index contributed by atoms with van der Waals surface area (Å²) in [6.07, 6.45) is 13.7. The molecule has 3 saturated heterocycles. The highest BCUT2D eigenvalue weighted by Crippen LogP contribution is 2.43. The van der Waals surface area contributed by atoms with Gasteiger partial charge in [0.2, 0.25) is 0 Å². The first-order valence-corrected chi connectivity index (χ1v) is 9.47. The molecular formula is C18H32N2O. The van der Waals surface area contributed by atoms with Crippen LogP contribution in [0.25, 0.3) is 0 Å². The molecule has 3 heteroatoms. The van der Waals surface area contributed by atoms with E-state index in [0.29, 0.717) is 0 Å². The van der Waals surface area contributed by atoms with Gasteiger partial charge >= 0.3 is 0 Å². The van der Waals surface area contributed by atoms with E-state index < -0.39 is 0 Å². The summed E-state index contributed by atoms with van der Waals surface area (Å²) in [5.74, 6) is 0.955. The number of ether oxygens (including phenoxy) is 1. The second-order valence-electron chi connectivity index (χ2n) is 7.92. The molecule has 1 saturated carbocycles. The molecule has 4 fully saturated rings. The van der Waals surface area contributed by atoms with E-state index >= 15 is 0 Å². The van der Waals surface area contributed by atoms with Crippen molar-refractivity contribution in [3.63, 3.8) is 0 Å². The van der Waals surface area contributed by atoms with E-state index in [1.807, 2.05) is 0 Å². The molecule has 0 radical (unpaired) electrons. The standard InChI is InChI=1S/C18H32N2O/c1-2-9-18(8-1)14-16(7-13-21-18)20-12-3-4-17(20)15-5-10-19-11-6-15/h15-17,19H,1-14H2. The molecule has 0 aromatic carbocycles. The van der Waals surface area contributed by atoms with Crippen LogP contribution in [0.1, 0.15) is 64.2 Å². The lowest BCUT2D eigenvalue weighted by Gasteiger charge is -2.45. The predicted octanol–water partition coefficient (Wildman–Crippen LogP) is 2.94. The molecule has 3 nitrogen and oxygen atoms in total. The van der Waals surface area contributed by atoms with Crippen molar-refractivity contribution in [1.82, 2.24) is 10.2 Å². The van der Waals surface area contributed by atoms with Crippen molar-refractivity contribution >= 4 is 0 Å². The Bertz CT molecular complexity index is 347. The molecule has 21 heavy (non-hydrogen) atoms. The van der Waals surface area contributed by atoms with Crippen molar-refractivity contribution < 1.29 is 4.74 Å². The Labute approximate surface area is 129 Å². The van der Waals surface area contributed by atoms with Gasteiger partial charge in [-0.1, -0.05) is 12.8 Å². The molecule has 1 N–H and O–H groups in total. The zero-order valence-electron chi connectivity index (χ0n) is 13.5. The average Bonchev–Trinajstić information content (AvgIpc) is 3.18. The van der Waals surface area contributed by atoms with E-state index in [9.17, 15) is 0 Å². The lowest BCUT2D eigenvalue weighted by Crippen LogP contribution is -2.51. The third-order valence-electron chi connectivity index (χ3n) is 6.72. The molecule has 0 aromatic rings. The summed E-state index contributed by atoms with van der Waals surface area (Å²) in [5.41, 5.74) is 0.282. The van der Waals surface area contributed by atoms with Crippen molar-refractivity contribution in [2.75, 3.05) is 26.2 Å². The van der Waals surface area contributed by atoms with Crippen molar-refractivity contribution in [3.05, 3.63) is 0 Å². The number of hydrogen-bond donors (Lipinski definition) is 1. The highest BCUT2D eigenvalue weighted by Gasteiger charge is 2.44. The second-order valence-corrected chi connectivity index (χ2v) is 7.92. The van der Waals surface area contributed by atoms with Crippen LogP contribution >= 0.6 is 0 Å². The molecule has 0 bridgehead atoms. The van der Waals surface area contributed by atoms with Crippen LogP contribution in [0.5, 0.6) is 0 Å². The zero-order chi connectivity index (χ0) is 14.1. The lowest BCUT2D eigenvalue weighted by molar-refractivity contribution is -0.106. The van der Waals surface area contributed by atoms with Crippen LogP contribution in [0.3, 0.4) is 0 Å². The summed E-state index contributed by atoms with van der Waals surface area (Å²) in [6, 6.07) is 1.70. The predicted molar refractivity (Wildman–Crippen MR) is 85.5 cm³/mol. The summed E-state index contributed by atoms with van der Waals surface area (Å²) in [4.78, 5) is 2.93.